The maximum atomic E-state index is 4.38. The topological polar surface area (TPSA) is 55.1 Å². The highest BCUT2D eigenvalue weighted by molar-refractivity contribution is 5.62. The number of fused-ring (bicyclic) bond motifs is 1. The van der Waals surface area contributed by atoms with Crippen molar-refractivity contribution in [3.05, 3.63) is 18.2 Å². The Morgan fingerprint density at radius 2 is 2.24 bits per heavy atom. The van der Waals surface area contributed by atoms with Crippen molar-refractivity contribution >= 4 is 11.5 Å². The minimum absolute atomic E-state index is 0.519. The summed E-state index contributed by atoms with van der Waals surface area (Å²) in [6.45, 7) is 4.24. The second kappa shape index (κ2) is 3.98. The molecule has 0 aromatic carbocycles. The van der Waals surface area contributed by atoms with Crippen molar-refractivity contribution in [2.45, 2.75) is 39.2 Å². The lowest BCUT2D eigenvalue weighted by Gasteiger charge is -2.17. The molecule has 0 bridgehead atoms. The number of aromatic nitrogens is 4. The molecule has 0 aliphatic heterocycles. The van der Waals surface area contributed by atoms with Gasteiger partial charge >= 0.3 is 0 Å². The minimum Gasteiger partial charge on any atom is -0.364 e. The Labute approximate surface area is 100 Å². The summed E-state index contributed by atoms with van der Waals surface area (Å²) in [6, 6.07) is 0.519. The van der Waals surface area contributed by atoms with Gasteiger partial charge in [0.05, 0.1) is 0 Å². The molecule has 0 amide bonds. The molecule has 2 heterocycles. The predicted molar refractivity (Wildman–Crippen MR) is 65.9 cm³/mol. The molecule has 1 aliphatic rings. The molecule has 0 radical (unpaired) electrons. The van der Waals surface area contributed by atoms with Gasteiger partial charge in [-0.05, 0) is 25.7 Å². The van der Waals surface area contributed by atoms with Gasteiger partial charge in [0.15, 0.2) is 5.82 Å². The summed E-state index contributed by atoms with van der Waals surface area (Å²) in [6.07, 6.45) is 7.51. The van der Waals surface area contributed by atoms with E-state index in [1.165, 1.54) is 19.3 Å². The van der Waals surface area contributed by atoms with Crippen LogP contribution in [0.5, 0.6) is 0 Å². The molecule has 2 atom stereocenters. The van der Waals surface area contributed by atoms with Crippen LogP contribution in [0.4, 0.5) is 5.82 Å². The van der Waals surface area contributed by atoms with Gasteiger partial charge in [-0.3, -0.25) is 4.40 Å². The molecule has 2 unspecified atom stereocenters. The fourth-order valence-electron chi connectivity index (χ4n) is 2.58. The molecule has 90 valence electrons. The van der Waals surface area contributed by atoms with Gasteiger partial charge in [-0.15, -0.1) is 10.2 Å². The summed E-state index contributed by atoms with van der Waals surface area (Å²) in [5, 5.41) is 11.8. The molecule has 2 aromatic rings. The van der Waals surface area contributed by atoms with E-state index in [-0.39, 0.29) is 0 Å². The Morgan fingerprint density at radius 3 is 3.00 bits per heavy atom. The van der Waals surface area contributed by atoms with Crippen LogP contribution in [0.25, 0.3) is 5.65 Å². The van der Waals surface area contributed by atoms with E-state index in [4.69, 9.17) is 0 Å². The Bertz CT molecular complexity index is 533. The second-order valence-corrected chi connectivity index (χ2v) is 4.88. The van der Waals surface area contributed by atoms with E-state index in [1.54, 1.807) is 6.20 Å². The number of anilines is 1. The highest BCUT2D eigenvalue weighted by atomic mass is 15.3. The van der Waals surface area contributed by atoms with Crippen LogP contribution in [0.1, 0.15) is 32.0 Å². The quantitative estimate of drug-likeness (QED) is 0.859. The fourth-order valence-corrected chi connectivity index (χ4v) is 2.58. The van der Waals surface area contributed by atoms with Crippen LogP contribution in [0.2, 0.25) is 0 Å². The summed E-state index contributed by atoms with van der Waals surface area (Å²) >= 11 is 0. The first-order valence-electron chi connectivity index (χ1n) is 6.18. The molecule has 1 N–H and O–H groups in total. The molecule has 1 aliphatic carbocycles. The average Bonchev–Trinajstić information content (AvgIpc) is 2.89. The molecular weight excluding hydrogens is 214 g/mol. The van der Waals surface area contributed by atoms with Crippen molar-refractivity contribution in [2.24, 2.45) is 5.92 Å². The van der Waals surface area contributed by atoms with Gasteiger partial charge < -0.3 is 5.32 Å². The number of nitrogens with zero attached hydrogens (tertiary/aromatic N) is 4. The zero-order chi connectivity index (χ0) is 11.8. The van der Waals surface area contributed by atoms with Gasteiger partial charge in [0.2, 0.25) is 5.65 Å². The lowest BCUT2D eigenvalue weighted by atomic mass is 10.1. The van der Waals surface area contributed by atoms with Gasteiger partial charge in [-0.25, -0.2) is 4.98 Å². The first kappa shape index (κ1) is 10.5. The van der Waals surface area contributed by atoms with E-state index in [9.17, 15) is 0 Å². The minimum atomic E-state index is 0.519. The average molecular weight is 231 g/mol. The molecule has 1 saturated carbocycles. The lowest BCUT2D eigenvalue weighted by molar-refractivity contribution is 0.555. The largest absolute Gasteiger partial charge is 0.364 e. The van der Waals surface area contributed by atoms with Crippen molar-refractivity contribution in [1.29, 1.82) is 0 Å². The van der Waals surface area contributed by atoms with Crippen molar-refractivity contribution in [3.63, 3.8) is 0 Å². The molecule has 1 fully saturated rings. The lowest BCUT2D eigenvalue weighted by Crippen LogP contribution is -2.22. The van der Waals surface area contributed by atoms with E-state index >= 15 is 0 Å². The van der Waals surface area contributed by atoms with E-state index in [2.05, 4.69) is 27.4 Å². The number of hydrogen-bond donors (Lipinski definition) is 1. The Kier molecular flexibility index (Phi) is 2.46. The fraction of sp³-hybridized carbons (Fsp3) is 0.583. The third kappa shape index (κ3) is 1.75. The van der Waals surface area contributed by atoms with E-state index in [0.717, 1.165) is 17.3 Å². The van der Waals surface area contributed by atoms with Gasteiger partial charge in [0.1, 0.15) is 5.82 Å². The molecule has 3 rings (SSSR count). The third-order valence-electron chi connectivity index (χ3n) is 3.68. The van der Waals surface area contributed by atoms with Gasteiger partial charge in [-0.2, -0.15) is 0 Å². The normalized spacial score (nSPS) is 24.4. The van der Waals surface area contributed by atoms with Crippen molar-refractivity contribution in [2.75, 3.05) is 5.32 Å². The molecule has 2 aromatic heterocycles. The number of rotatable bonds is 2. The molecule has 0 saturated heterocycles. The Morgan fingerprint density at radius 1 is 1.35 bits per heavy atom. The Balaban J connectivity index is 1.94. The van der Waals surface area contributed by atoms with E-state index in [1.807, 2.05) is 17.5 Å². The summed E-state index contributed by atoms with van der Waals surface area (Å²) in [5.74, 6) is 2.46. The monoisotopic (exact) mass is 231 g/mol. The number of hydrogen-bond acceptors (Lipinski definition) is 4. The van der Waals surface area contributed by atoms with Crippen LogP contribution < -0.4 is 5.32 Å². The molecule has 17 heavy (non-hydrogen) atoms. The van der Waals surface area contributed by atoms with Crippen LogP contribution in [-0.2, 0) is 0 Å². The van der Waals surface area contributed by atoms with Crippen LogP contribution in [0, 0.1) is 12.8 Å². The summed E-state index contributed by atoms with van der Waals surface area (Å²) in [5.41, 5.74) is 0.823. The first-order chi connectivity index (χ1) is 8.25. The predicted octanol–water partition coefficient (Wildman–Crippen LogP) is 2.03. The zero-order valence-electron chi connectivity index (χ0n) is 10.2. The second-order valence-electron chi connectivity index (χ2n) is 4.88. The third-order valence-corrected chi connectivity index (χ3v) is 3.68. The zero-order valence-corrected chi connectivity index (χ0v) is 10.2. The molecule has 5 nitrogen and oxygen atoms in total. The summed E-state index contributed by atoms with van der Waals surface area (Å²) in [4.78, 5) is 4.38. The van der Waals surface area contributed by atoms with Gasteiger partial charge in [0.25, 0.3) is 0 Å². The van der Waals surface area contributed by atoms with Gasteiger partial charge in [0, 0.05) is 18.4 Å². The van der Waals surface area contributed by atoms with Crippen molar-refractivity contribution in [3.8, 4) is 0 Å². The standard InChI is InChI=1S/C12H17N5/c1-8-4-3-5-10(8)14-11-12-16-15-9(2)17(12)7-6-13-11/h6-8,10H,3-5H2,1-2H3,(H,13,14). The van der Waals surface area contributed by atoms with Crippen LogP contribution in [0.3, 0.4) is 0 Å². The highest BCUT2D eigenvalue weighted by Crippen LogP contribution is 2.28. The molecule has 5 heteroatoms. The number of aryl methyl sites for hydroxylation is 1. The van der Waals surface area contributed by atoms with Gasteiger partial charge in [-0.1, -0.05) is 13.3 Å². The number of nitrogens with one attached hydrogen (secondary N) is 1. The van der Waals surface area contributed by atoms with Crippen molar-refractivity contribution in [1.82, 2.24) is 19.6 Å². The van der Waals surface area contributed by atoms with E-state index in [0.29, 0.717) is 12.0 Å². The SMILES string of the molecule is Cc1nnc2c(NC3CCCC3C)nccn12. The first-order valence-corrected chi connectivity index (χ1v) is 6.18. The maximum absolute atomic E-state index is 4.38. The summed E-state index contributed by atoms with van der Waals surface area (Å²) in [7, 11) is 0. The highest BCUT2D eigenvalue weighted by Gasteiger charge is 2.24. The smallest absolute Gasteiger partial charge is 0.203 e. The van der Waals surface area contributed by atoms with E-state index < -0.39 is 0 Å². The molecular formula is C12H17N5. The Hall–Kier alpha value is -1.65. The maximum Gasteiger partial charge on any atom is 0.203 e. The van der Waals surface area contributed by atoms with Crippen LogP contribution in [0.15, 0.2) is 12.4 Å². The van der Waals surface area contributed by atoms with Crippen molar-refractivity contribution < 1.29 is 0 Å². The van der Waals surface area contributed by atoms with Crippen LogP contribution in [-0.4, -0.2) is 25.6 Å². The van der Waals surface area contributed by atoms with Crippen LogP contribution >= 0.6 is 0 Å². The molecule has 0 spiro atoms. The summed E-state index contributed by atoms with van der Waals surface area (Å²) < 4.78 is 1.97.